The van der Waals surface area contributed by atoms with Crippen molar-refractivity contribution in [3.8, 4) is 0 Å². The quantitative estimate of drug-likeness (QED) is 0.798. The highest BCUT2D eigenvalue weighted by Gasteiger charge is 2.28. The van der Waals surface area contributed by atoms with Gasteiger partial charge >= 0.3 is 0 Å². The van der Waals surface area contributed by atoms with E-state index in [1.54, 1.807) is 0 Å². The molecule has 1 fully saturated rings. The van der Waals surface area contributed by atoms with Crippen LogP contribution in [-0.2, 0) is 0 Å². The maximum Gasteiger partial charge on any atom is 0.156 e. The second kappa shape index (κ2) is 5.44. The molecule has 1 heterocycles. The van der Waals surface area contributed by atoms with Crippen LogP contribution in [0, 0.1) is 17.8 Å². The van der Waals surface area contributed by atoms with Gasteiger partial charge in [0.1, 0.15) is 0 Å². The van der Waals surface area contributed by atoms with Gasteiger partial charge in [0, 0.05) is 11.8 Å². The first-order valence-electron chi connectivity index (χ1n) is 6.60. The monoisotopic (exact) mass is 240 g/mol. The van der Waals surface area contributed by atoms with E-state index in [0.29, 0.717) is 0 Å². The minimum Gasteiger partial charge on any atom is -0.365 e. The molecular formula is C13H24N2S. The van der Waals surface area contributed by atoms with E-state index >= 15 is 0 Å². The zero-order valence-electron chi connectivity index (χ0n) is 10.7. The van der Waals surface area contributed by atoms with Crippen molar-refractivity contribution >= 4 is 16.9 Å². The maximum atomic E-state index is 4.59. The molecule has 0 saturated heterocycles. The Morgan fingerprint density at radius 2 is 2.12 bits per heavy atom. The standard InChI is InChI=1S/C13H24N2S/c1-9(2)6-12-8-15-13(16-12)14-7-10(3)11-4-5-11/h9-12H,4-8H2,1-3H3,(H,14,15). The van der Waals surface area contributed by atoms with Gasteiger partial charge in [0.05, 0.1) is 6.54 Å². The molecule has 1 aliphatic heterocycles. The van der Waals surface area contributed by atoms with Crippen LogP contribution in [0.5, 0.6) is 0 Å². The Kier molecular flexibility index (Phi) is 4.17. The summed E-state index contributed by atoms with van der Waals surface area (Å²) in [6.07, 6.45) is 4.18. The van der Waals surface area contributed by atoms with E-state index in [-0.39, 0.29) is 0 Å². The topological polar surface area (TPSA) is 24.4 Å². The molecule has 2 unspecified atom stereocenters. The first-order chi connectivity index (χ1) is 7.65. The van der Waals surface area contributed by atoms with Crippen molar-refractivity contribution in [2.75, 3.05) is 13.1 Å². The van der Waals surface area contributed by atoms with Gasteiger partial charge in [-0.2, -0.15) is 0 Å². The average Bonchev–Trinajstić information content (AvgIpc) is 2.97. The number of aliphatic imine (C=N–C) groups is 1. The van der Waals surface area contributed by atoms with Crippen molar-refractivity contribution in [1.29, 1.82) is 0 Å². The Morgan fingerprint density at radius 1 is 1.38 bits per heavy atom. The normalized spacial score (nSPS) is 27.0. The fourth-order valence-electron chi connectivity index (χ4n) is 2.24. The van der Waals surface area contributed by atoms with Crippen molar-refractivity contribution < 1.29 is 0 Å². The molecular weight excluding hydrogens is 216 g/mol. The highest BCUT2D eigenvalue weighted by molar-refractivity contribution is 8.14. The molecule has 0 bridgehead atoms. The molecule has 2 aliphatic rings. The maximum absolute atomic E-state index is 4.59. The van der Waals surface area contributed by atoms with Crippen LogP contribution in [0.1, 0.15) is 40.0 Å². The van der Waals surface area contributed by atoms with E-state index in [1.165, 1.54) is 24.4 Å². The molecule has 0 spiro atoms. The number of nitrogens with one attached hydrogen (secondary N) is 1. The molecule has 2 rings (SSSR count). The summed E-state index contributed by atoms with van der Waals surface area (Å²) >= 11 is 1.95. The van der Waals surface area contributed by atoms with Gasteiger partial charge in [-0.25, -0.2) is 0 Å². The minimum absolute atomic E-state index is 0.721. The van der Waals surface area contributed by atoms with Gasteiger partial charge in [-0.05, 0) is 37.0 Å². The second-order valence-electron chi connectivity index (χ2n) is 5.71. The van der Waals surface area contributed by atoms with E-state index in [0.717, 1.165) is 36.1 Å². The number of thioether (sulfide) groups is 1. The molecule has 2 nitrogen and oxygen atoms in total. The second-order valence-corrected chi connectivity index (χ2v) is 7.00. The molecule has 1 aliphatic carbocycles. The number of amidine groups is 1. The van der Waals surface area contributed by atoms with Crippen molar-refractivity contribution in [3.63, 3.8) is 0 Å². The molecule has 3 heteroatoms. The Morgan fingerprint density at radius 3 is 2.75 bits per heavy atom. The molecule has 0 aromatic rings. The number of nitrogens with zero attached hydrogens (tertiary/aromatic N) is 1. The summed E-state index contributed by atoms with van der Waals surface area (Å²) in [5, 5.41) is 5.43. The first-order valence-corrected chi connectivity index (χ1v) is 7.48. The number of rotatable bonds is 5. The minimum atomic E-state index is 0.721. The van der Waals surface area contributed by atoms with Crippen molar-refractivity contribution in [2.45, 2.75) is 45.3 Å². The fraction of sp³-hybridized carbons (Fsp3) is 0.923. The molecule has 0 amide bonds. The average molecular weight is 240 g/mol. The van der Waals surface area contributed by atoms with Gasteiger partial charge in [0.2, 0.25) is 0 Å². The Hall–Kier alpha value is -0.180. The van der Waals surface area contributed by atoms with Crippen LogP contribution in [0.15, 0.2) is 4.99 Å². The smallest absolute Gasteiger partial charge is 0.156 e. The predicted molar refractivity (Wildman–Crippen MR) is 73.0 cm³/mol. The third kappa shape index (κ3) is 3.69. The lowest BCUT2D eigenvalue weighted by atomic mass is 10.1. The third-order valence-electron chi connectivity index (χ3n) is 3.45. The van der Waals surface area contributed by atoms with Crippen LogP contribution in [0.3, 0.4) is 0 Å². The Bertz CT molecular complexity index is 259. The molecule has 0 radical (unpaired) electrons. The van der Waals surface area contributed by atoms with Gasteiger partial charge in [-0.3, -0.25) is 4.99 Å². The van der Waals surface area contributed by atoms with Crippen LogP contribution >= 0.6 is 11.8 Å². The van der Waals surface area contributed by atoms with Crippen LogP contribution in [0.25, 0.3) is 0 Å². The summed E-state index contributed by atoms with van der Waals surface area (Å²) in [7, 11) is 0. The molecule has 0 aromatic heterocycles. The third-order valence-corrected chi connectivity index (χ3v) is 4.62. The van der Waals surface area contributed by atoms with Gasteiger partial charge in [-0.1, -0.05) is 32.5 Å². The van der Waals surface area contributed by atoms with E-state index in [9.17, 15) is 0 Å². The van der Waals surface area contributed by atoms with Gasteiger partial charge in [-0.15, -0.1) is 0 Å². The molecule has 1 saturated carbocycles. The number of hydrogen-bond donors (Lipinski definition) is 1. The highest BCUT2D eigenvalue weighted by atomic mass is 32.2. The van der Waals surface area contributed by atoms with Crippen LogP contribution in [0.4, 0.5) is 0 Å². The molecule has 92 valence electrons. The Balaban J connectivity index is 1.64. The zero-order valence-corrected chi connectivity index (χ0v) is 11.5. The van der Waals surface area contributed by atoms with Gasteiger partial charge in [0.15, 0.2) is 5.17 Å². The van der Waals surface area contributed by atoms with Crippen molar-refractivity contribution in [2.24, 2.45) is 22.7 Å². The SMILES string of the molecule is CC(C)CC1CN=C(NCC(C)C2CC2)S1. The van der Waals surface area contributed by atoms with Gasteiger partial charge in [0.25, 0.3) is 0 Å². The van der Waals surface area contributed by atoms with E-state index in [2.05, 4.69) is 31.1 Å². The van der Waals surface area contributed by atoms with E-state index < -0.39 is 0 Å². The van der Waals surface area contributed by atoms with Crippen molar-refractivity contribution in [3.05, 3.63) is 0 Å². The summed E-state index contributed by atoms with van der Waals surface area (Å²) in [5.74, 6) is 2.61. The lowest BCUT2D eigenvalue weighted by Crippen LogP contribution is -2.26. The lowest BCUT2D eigenvalue weighted by molar-refractivity contribution is 0.501. The van der Waals surface area contributed by atoms with Gasteiger partial charge < -0.3 is 5.32 Å². The summed E-state index contributed by atoms with van der Waals surface area (Å²) in [6, 6.07) is 0. The predicted octanol–water partition coefficient (Wildman–Crippen LogP) is 3.14. The fourth-order valence-corrected chi connectivity index (χ4v) is 3.51. The van der Waals surface area contributed by atoms with Crippen LogP contribution < -0.4 is 5.32 Å². The van der Waals surface area contributed by atoms with Crippen molar-refractivity contribution in [1.82, 2.24) is 5.32 Å². The number of hydrogen-bond acceptors (Lipinski definition) is 3. The molecule has 16 heavy (non-hydrogen) atoms. The largest absolute Gasteiger partial charge is 0.365 e. The first kappa shape index (κ1) is 12.3. The van der Waals surface area contributed by atoms with E-state index in [1.807, 2.05) is 11.8 Å². The zero-order chi connectivity index (χ0) is 11.5. The highest BCUT2D eigenvalue weighted by Crippen LogP contribution is 2.36. The summed E-state index contributed by atoms with van der Waals surface area (Å²) < 4.78 is 0. The van der Waals surface area contributed by atoms with Crippen LogP contribution in [0.2, 0.25) is 0 Å². The van der Waals surface area contributed by atoms with Crippen LogP contribution in [-0.4, -0.2) is 23.5 Å². The molecule has 0 aromatic carbocycles. The summed E-state index contributed by atoms with van der Waals surface area (Å²) in [5.41, 5.74) is 0. The molecule has 2 atom stereocenters. The van der Waals surface area contributed by atoms with E-state index in [4.69, 9.17) is 0 Å². The Labute approximate surface area is 104 Å². The summed E-state index contributed by atoms with van der Waals surface area (Å²) in [4.78, 5) is 4.59. The molecule has 1 N–H and O–H groups in total. The summed E-state index contributed by atoms with van der Waals surface area (Å²) in [6.45, 7) is 9.08. The lowest BCUT2D eigenvalue weighted by Gasteiger charge is -2.13.